The van der Waals surface area contributed by atoms with Crippen molar-refractivity contribution >= 4 is 5.97 Å². The number of carbonyl (C=O) groups is 1. The van der Waals surface area contributed by atoms with Crippen LogP contribution >= 0.6 is 0 Å². The van der Waals surface area contributed by atoms with Crippen molar-refractivity contribution in [1.29, 1.82) is 0 Å². The minimum atomic E-state index is -0.121. The van der Waals surface area contributed by atoms with E-state index in [1.807, 2.05) is 27.2 Å². The Bertz CT molecular complexity index is 99.4. The van der Waals surface area contributed by atoms with E-state index >= 15 is 0 Å². The second kappa shape index (κ2) is 5.27. The zero-order chi connectivity index (χ0) is 7.98. The molecule has 0 aromatic heterocycles. The summed E-state index contributed by atoms with van der Waals surface area (Å²) >= 11 is 0. The summed E-state index contributed by atoms with van der Waals surface area (Å²) in [6.07, 6.45) is 2.86. The fraction of sp³-hybridized carbons (Fsp3) is 0.750. The van der Waals surface area contributed by atoms with Gasteiger partial charge in [0, 0.05) is 0 Å². The highest BCUT2D eigenvalue weighted by Gasteiger charge is 2.11. The molecule has 1 unspecified atom stereocenters. The molecule has 10 heavy (non-hydrogen) atoms. The summed E-state index contributed by atoms with van der Waals surface area (Å²) in [7, 11) is 0. The Morgan fingerprint density at radius 1 is 1.60 bits per heavy atom. The third kappa shape index (κ3) is 3.49. The zero-order valence-corrected chi connectivity index (χ0v) is 6.89. The molecule has 0 fully saturated rings. The van der Waals surface area contributed by atoms with Crippen LogP contribution in [0.15, 0.2) is 0 Å². The van der Waals surface area contributed by atoms with Gasteiger partial charge in [-0.05, 0) is 13.3 Å². The molecular weight excluding hydrogens is 128 g/mol. The quantitative estimate of drug-likeness (QED) is 0.561. The van der Waals surface area contributed by atoms with Gasteiger partial charge in [0.05, 0.1) is 12.5 Å². The van der Waals surface area contributed by atoms with E-state index in [2.05, 4.69) is 0 Å². The monoisotopic (exact) mass is 143 g/mol. The molecule has 0 spiro atoms. The van der Waals surface area contributed by atoms with Crippen LogP contribution in [0.25, 0.3) is 0 Å². The van der Waals surface area contributed by atoms with Gasteiger partial charge in [0.25, 0.3) is 0 Å². The molecule has 0 heterocycles. The molecule has 0 N–H and O–H groups in total. The molecule has 0 aliphatic rings. The SMILES string of the molecule is CC[CH]C(C)C(=O)OCC. The Morgan fingerprint density at radius 3 is 2.60 bits per heavy atom. The molecule has 0 saturated carbocycles. The zero-order valence-electron chi connectivity index (χ0n) is 6.89. The number of rotatable bonds is 4. The Balaban J connectivity index is 3.49. The molecule has 2 nitrogen and oxygen atoms in total. The molecule has 0 rings (SSSR count). The summed E-state index contributed by atoms with van der Waals surface area (Å²) in [5.74, 6) is -0.172. The first-order valence-corrected chi connectivity index (χ1v) is 3.72. The van der Waals surface area contributed by atoms with Crippen LogP contribution in [0.1, 0.15) is 27.2 Å². The van der Waals surface area contributed by atoms with E-state index in [0.29, 0.717) is 6.61 Å². The van der Waals surface area contributed by atoms with Crippen molar-refractivity contribution in [2.75, 3.05) is 6.61 Å². The fourth-order valence-corrected chi connectivity index (χ4v) is 0.723. The lowest BCUT2D eigenvalue weighted by molar-refractivity contribution is -0.146. The largest absolute Gasteiger partial charge is 0.466 e. The van der Waals surface area contributed by atoms with Crippen LogP contribution in [0.5, 0.6) is 0 Å². The van der Waals surface area contributed by atoms with E-state index in [1.54, 1.807) is 0 Å². The molecular formula is C8H15O2. The normalized spacial score (nSPS) is 12.7. The fourth-order valence-electron chi connectivity index (χ4n) is 0.723. The smallest absolute Gasteiger partial charge is 0.308 e. The van der Waals surface area contributed by atoms with Gasteiger partial charge in [0.1, 0.15) is 0 Å². The predicted molar refractivity (Wildman–Crippen MR) is 40.4 cm³/mol. The highest BCUT2D eigenvalue weighted by Crippen LogP contribution is 2.04. The minimum absolute atomic E-state index is 0.0510. The Labute approximate surface area is 62.6 Å². The maximum Gasteiger partial charge on any atom is 0.308 e. The Kier molecular flexibility index (Phi) is 4.99. The maximum absolute atomic E-state index is 10.9. The first-order chi connectivity index (χ1) is 4.72. The van der Waals surface area contributed by atoms with E-state index in [-0.39, 0.29) is 11.9 Å². The third-order valence-corrected chi connectivity index (χ3v) is 1.25. The van der Waals surface area contributed by atoms with Crippen LogP contribution in [0.4, 0.5) is 0 Å². The van der Waals surface area contributed by atoms with Crippen molar-refractivity contribution in [1.82, 2.24) is 0 Å². The van der Waals surface area contributed by atoms with Gasteiger partial charge in [0.2, 0.25) is 0 Å². The molecule has 0 amide bonds. The summed E-state index contributed by atoms with van der Waals surface area (Å²) in [6, 6.07) is 0. The average molecular weight is 143 g/mol. The van der Waals surface area contributed by atoms with Gasteiger partial charge < -0.3 is 4.74 Å². The van der Waals surface area contributed by atoms with Gasteiger partial charge in [-0.3, -0.25) is 4.79 Å². The number of carbonyl (C=O) groups excluding carboxylic acids is 1. The molecule has 0 aliphatic heterocycles. The summed E-state index contributed by atoms with van der Waals surface area (Å²) in [4.78, 5) is 10.9. The van der Waals surface area contributed by atoms with Gasteiger partial charge in [-0.25, -0.2) is 0 Å². The second-order valence-electron chi connectivity index (χ2n) is 2.18. The highest BCUT2D eigenvalue weighted by molar-refractivity contribution is 5.73. The van der Waals surface area contributed by atoms with E-state index in [9.17, 15) is 4.79 Å². The Morgan fingerprint density at radius 2 is 2.20 bits per heavy atom. The summed E-state index contributed by atoms with van der Waals surface area (Å²) in [6.45, 7) is 6.15. The lowest BCUT2D eigenvalue weighted by atomic mass is 10.1. The van der Waals surface area contributed by atoms with Crippen LogP contribution in [-0.4, -0.2) is 12.6 Å². The van der Waals surface area contributed by atoms with Gasteiger partial charge in [-0.15, -0.1) is 0 Å². The van der Waals surface area contributed by atoms with Crippen LogP contribution < -0.4 is 0 Å². The van der Waals surface area contributed by atoms with Crippen molar-refractivity contribution in [3.8, 4) is 0 Å². The van der Waals surface area contributed by atoms with Crippen molar-refractivity contribution in [3.63, 3.8) is 0 Å². The van der Waals surface area contributed by atoms with E-state index < -0.39 is 0 Å². The average Bonchev–Trinajstić information content (AvgIpc) is 1.89. The number of ether oxygens (including phenoxy) is 1. The van der Waals surface area contributed by atoms with Crippen LogP contribution in [-0.2, 0) is 9.53 Å². The molecule has 59 valence electrons. The molecule has 2 heteroatoms. The number of esters is 1. The van der Waals surface area contributed by atoms with Crippen molar-refractivity contribution < 1.29 is 9.53 Å². The first kappa shape index (κ1) is 9.47. The molecule has 1 atom stereocenters. The van der Waals surface area contributed by atoms with Crippen molar-refractivity contribution in [2.45, 2.75) is 27.2 Å². The van der Waals surface area contributed by atoms with E-state index in [1.165, 1.54) is 0 Å². The topological polar surface area (TPSA) is 26.3 Å². The Hall–Kier alpha value is -0.530. The minimum Gasteiger partial charge on any atom is -0.466 e. The van der Waals surface area contributed by atoms with Crippen molar-refractivity contribution in [3.05, 3.63) is 6.42 Å². The lowest BCUT2D eigenvalue weighted by Gasteiger charge is -2.07. The third-order valence-electron chi connectivity index (χ3n) is 1.25. The number of hydrogen-bond acceptors (Lipinski definition) is 2. The van der Waals surface area contributed by atoms with Crippen LogP contribution in [0, 0.1) is 12.3 Å². The molecule has 0 saturated heterocycles. The lowest BCUT2D eigenvalue weighted by Crippen LogP contribution is -2.14. The van der Waals surface area contributed by atoms with E-state index in [0.717, 1.165) is 6.42 Å². The summed E-state index contributed by atoms with van der Waals surface area (Å²) in [5.41, 5.74) is 0. The molecule has 1 radical (unpaired) electrons. The summed E-state index contributed by atoms with van der Waals surface area (Å²) in [5, 5.41) is 0. The molecule has 0 aromatic rings. The van der Waals surface area contributed by atoms with Crippen LogP contribution in [0.2, 0.25) is 0 Å². The molecule has 0 aliphatic carbocycles. The van der Waals surface area contributed by atoms with E-state index in [4.69, 9.17) is 4.74 Å². The van der Waals surface area contributed by atoms with Gasteiger partial charge in [-0.2, -0.15) is 0 Å². The second-order valence-corrected chi connectivity index (χ2v) is 2.18. The number of hydrogen-bond donors (Lipinski definition) is 0. The predicted octanol–water partition coefficient (Wildman–Crippen LogP) is 1.80. The van der Waals surface area contributed by atoms with Gasteiger partial charge in [0.15, 0.2) is 0 Å². The highest BCUT2D eigenvalue weighted by atomic mass is 16.5. The molecule has 0 aromatic carbocycles. The van der Waals surface area contributed by atoms with Crippen molar-refractivity contribution in [2.24, 2.45) is 5.92 Å². The maximum atomic E-state index is 10.9. The van der Waals surface area contributed by atoms with Crippen LogP contribution in [0.3, 0.4) is 0 Å². The first-order valence-electron chi connectivity index (χ1n) is 3.72. The molecule has 0 bridgehead atoms. The summed E-state index contributed by atoms with van der Waals surface area (Å²) < 4.78 is 4.79. The standard InChI is InChI=1S/C8H15O2/c1-4-6-7(3)8(9)10-5-2/h6-7H,4-5H2,1-3H3. The van der Waals surface area contributed by atoms with Gasteiger partial charge >= 0.3 is 5.97 Å². The van der Waals surface area contributed by atoms with Gasteiger partial charge in [-0.1, -0.05) is 20.3 Å².